The zero-order chi connectivity index (χ0) is 14.7. The van der Waals surface area contributed by atoms with Crippen LogP contribution < -0.4 is 5.32 Å². The van der Waals surface area contributed by atoms with Gasteiger partial charge in [0.15, 0.2) is 17.5 Å². The highest BCUT2D eigenvalue weighted by Gasteiger charge is 2.16. The maximum Gasteiger partial charge on any atom is 0.339 e. The summed E-state index contributed by atoms with van der Waals surface area (Å²) in [6.07, 6.45) is 0. The molecule has 104 valence electrons. The second kappa shape index (κ2) is 5.64. The van der Waals surface area contributed by atoms with Crippen LogP contribution in [0.25, 0.3) is 0 Å². The average Bonchev–Trinajstić information content (AvgIpc) is 2.47. The first-order valence-corrected chi connectivity index (χ1v) is 5.62. The SMILES string of the molecule is COC(=O)c1ccccc1Nc1ccc(F)c(F)c1F. The van der Waals surface area contributed by atoms with Crippen molar-refractivity contribution in [2.45, 2.75) is 0 Å². The zero-order valence-electron chi connectivity index (χ0n) is 10.4. The monoisotopic (exact) mass is 281 g/mol. The van der Waals surface area contributed by atoms with E-state index < -0.39 is 23.4 Å². The lowest BCUT2D eigenvalue weighted by molar-refractivity contribution is 0.0602. The van der Waals surface area contributed by atoms with E-state index in [0.717, 1.165) is 12.1 Å². The van der Waals surface area contributed by atoms with Crippen molar-refractivity contribution in [3.8, 4) is 0 Å². The molecule has 6 heteroatoms. The number of anilines is 2. The number of carbonyl (C=O) groups is 1. The molecule has 2 aromatic carbocycles. The van der Waals surface area contributed by atoms with E-state index in [1.807, 2.05) is 0 Å². The van der Waals surface area contributed by atoms with Crippen molar-refractivity contribution in [1.82, 2.24) is 0 Å². The fraction of sp³-hybridized carbons (Fsp3) is 0.0714. The molecule has 0 unspecified atom stereocenters. The van der Waals surface area contributed by atoms with Gasteiger partial charge >= 0.3 is 5.97 Å². The lowest BCUT2D eigenvalue weighted by Gasteiger charge is -2.11. The normalized spacial score (nSPS) is 10.2. The Bertz CT molecular complexity index is 659. The van der Waals surface area contributed by atoms with Gasteiger partial charge in [0.2, 0.25) is 0 Å². The molecule has 2 rings (SSSR count). The molecular weight excluding hydrogens is 271 g/mol. The third-order valence-corrected chi connectivity index (χ3v) is 2.64. The van der Waals surface area contributed by atoms with Gasteiger partial charge in [0.25, 0.3) is 0 Å². The molecule has 0 aliphatic heterocycles. The molecule has 20 heavy (non-hydrogen) atoms. The van der Waals surface area contributed by atoms with Gasteiger partial charge in [-0.1, -0.05) is 12.1 Å². The number of halogens is 3. The molecule has 1 N–H and O–H groups in total. The first-order valence-electron chi connectivity index (χ1n) is 5.62. The van der Waals surface area contributed by atoms with E-state index in [2.05, 4.69) is 10.1 Å². The van der Waals surface area contributed by atoms with Crippen LogP contribution in [0, 0.1) is 17.5 Å². The summed E-state index contributed by atoms with van der Waals surface area (Å²) in [6, 6.07) is 7.99. The van der Waals surface area contributed by atoms with Crippen LogP contribution in [0.2, 0.25) is 0 Å². The summed E-state index contributed by atoms with van der Waals surface area (Å²) in [5.41, 5.74) is 0.101. The summed E-state index contributed by atoms with van der Waals surface area (Å²) in [4.78, 5) is 11.5. The van der Waals surface area contributed by atoms with E-state index in [0.29, 0.717) is 0 Å². The van der Waals surface area contributed by atoms with E-state index in [4.69, 9.17) is 0 Å². The number of hydrogen-bond donors (Lipinski definition) is 1. The van der Waals surface area contributed by atoms with Crippen molar-refractivity contribution in [1.29, 1.82) is 0 Å². The second-order valence-corrected chi connectivity index (χ2v) is 3.89. The number of nitrogens with one attached hydrogen (secondary N) is 1. The van der Waals surface area contributed by atoms with Gasteiger partial charge in [-0.25, -0.2) is 18.0 Å². The van der Waals surface area contributed by atoms with E-state index in [9.17, 15) is 18.0 Å². The Kier molecular flexibility index (Phi) is 3.93. The van der Waals surface area contributed by atoms with Gasteiger partial charge in [0.1, 0.15) is 0 Å². The van der Waals surface area contributed by atoms with Gasteiger partial charge in [-0.05, 0) is 24.3 Å². The van der Waals surface area contributed by atoms with Crippen molar-refractivity contribution >= 4 is 17.3 Å². The van der Waals surface area contributed by atoms with Crippen LogP contribution in [0.5, 0.6) is 0 Å². The average molecular weight is 281 g/mol. The Morgan fingerprint density at radius 2 is 1.70 bits per heavy atom. The Morgan fingerprint density at radius 3 is 2.40 bits per heavy atom. The number of methoxy groups -OCH3 is 1. The van der Waals surface area contributed by atoms with Crippen molar-refractivity contribution in [3.05, 3.63) is 59.4 Å². The molecule has 0 spiro atoms. The molecule has 3 nitrogen and oxygen atoms in total. The highest BCUT2D eigenvalue weighted by atomic mass is 19.2. The molecule has 0 heterocycles. The highest BCUT2D eigenvalue weighted by Crippen LogP contribution is 2.26. The third kappa shape index (κ3) is 2.59. The van der Waals surface area contributed by atoms with Gasteiger partial charge in [0.05, 0.1) is 24.0 Å². The smallest absolute Gasteiger partial charge is 0.339 e. The quantitative estimate of drug-likeness (QED) is 0.689. The molecular formula is C14H10F3NO2. The van der Waals surface area contributed by atoms with Crippen LogP contribution in [-0.4, -0.2) is 13.1 Å². The molecule has 0 saturated carbocycles. The van der Waals surface area contributed by atoms with E-state index in [1.165, 1.54) is 19.2 Å². The van der Waals surface area contributed by atoms with Crippen molar-refractivity contribution in [3.63, 3.8) is 0 Å². The maximum absolute atomic E-state index is 13.6. The minimum Gasteiger partial charge on any atom is -0.465 e. The Balaban J connectivity index is 2.41. The highest BCUT2D eigenvalue weighted by molar-refractivity contribution is 5.96. The molecule has 0 saturated heterocycles. The number of hydrogen-bond acceptors (Lipinski definition) is 3. The predicted molar refractivity (Wildman–Crippen MR) is 67.4 cm³/mol. The Labute approximate surface area is 113 Å². The first-order chi connectivity index (χ1) is 9.54. The molecule has 0 atom stereocenters. The first kappa shape index (κ1) is 13.9. The van der Waals surface area contributed by atoms with Gasteiger partial charge in [-0.3, -0.25) is 0 Å². The lowest BCUT2D eigenvalue weighted by Crippen LogP contribution is -2.06. The van der Waals surface area contributed by atoms with Gasteiger partial charge in [0, 0.05) is 0 Å². The summed E-state index contributed by atoms with van der Waals surface area (Å²) in [7, 11) is 1.21. The summed E-state index contributed by atoms with van der Waals surface area (Å²) in [6.45, 7) is 0. The number of esters is 1. The molecule has 0 radical (unpaired) electrons. The predicted octanol–water partition coefficient (Wildman–Crippen LogP) is 3.63. The molecule has 0 aliphatic rings. The zero-order valence-corrected chi connectivity index (χ0v) is 10.4. The maximum atomic E-state index is 13.6. The molecule has 0 bridgehead atoms. The van der Waals surface area contributed by atoms with Crippen LogP contribution >= 0.6 is 0 Å². The van der Waals surface area contributed by atoms with Crippen LogP contribution in [0.3, 0.4) is 0 Å². The van der Waals surface area contributed by atoms with Gasteiger partial charge in [-0.15, -0.1) is 0 Å². The minimum absolute atomic E-state index is 0.152. The minimum atomic E-state index is -1.58. The van der Waals surface area contributed by atoms with Crippen LogP contribution in [-0.2, 0) is 4.74 Å². The Hall–Kier alpha value is -2.50. The summed E-state index contributed by atoms with van der Waals surface area (Å²) < 4.78 is 44.1. The fourth-order valence-corrected chi connectivity index (χ4v) is 1.65. The molecule has 0 aliphatic carbocycles. The topological polar surface area (TPSA) is 38.3 Å². The second-order valence-electron chi connectivity index (χ2n) is 3.89. The Morgan fingerprint density at radius 1 is 1.00 bits per heavy atom. The molecule has 0 fully saturated rings. The van der Waals surface area contributed by atoms with Crippen molar-refractivity contribution in [2.24, 2.45) is 0 Å². The molecule has 2 aromatic rings. The number of benzene rings is 2. The van der Waals surface area contributed by atoms with Crippen LogP contribution in [0.4, 0.5) is 24.5 Å². The number of rotatable bonds is 3. The van der Waals surface area contributed by atoms with Crippen LogP contribution in [0.1, 0.15) is 10.4 Å². The van der Waals surface area contributed by atoms with Crippen molar-refractivity contribution in [2.75, 3.05) is 12.4 Å². The van der Waals surface area contributed by atoms with E-state index >= 15 is 0 Å². The number of ether oxygens (including phenoxy) is 1. The van der Waals surface area contributed by atoms with Crippen LogP contribution in [0.15, 0.2) is 36.4 Å². The molecule has 0 amide bonds. The molecule has 0 aromatic heterocycles. The van der Waals surface area contributed by atoms with Crippen molar-refractivity contribution < 1.29 is 22.7 Å². The standard InChI is InChI=1S/C14H10F3NO2/c1-20-14(19)8-4-2-3-5-10(8)18-11-7-6-9(15)12(16)13(11)17/h2-7,18H,1H3. The lowest BCUT2D eigenvalue weighted by atomic mass is 10.1. The van der Waals surface area contributed by atoms with Gasteiger partial charge < -0.3 is 10.1 Å². The number of para-hydroxylation sites is 1. The fourth-order valence-electron chi connectivity index (χ4n) is 1.65. The number of carbonyl (C=O) groups excluding carboxylic acids is 1. The van der Waals surface area contributed by atoms with E-state index in [-0.39, 0.29) is 16.9 Å². The van der Waals surface area contributed by atoms with Gasteiger partial charge in [-0.2, -0.15) is 0 Å². The largest absolute Gasteiger partial charge is 0.465 e. The summed E-state index contributed by atoms with van der Waals surface area (Å²) in [5.74, 6) is -4.85. The van der Waals surface area contributed by atoms with E-state index in [1.54, 1.807) is 12.1 Å². The summed E-state index contributed by atoms with van der Waals surface area (Å²) >= 11 is 0. The summed E-state index contributed by atoms with van der Waals surface area (Å²) in [5, 5.41) is 2.54. The third-order valence-electron chi connectivity index (χ3n) is 2.64.